The number of nitrogens with one attached hydrogen (secondary N) is 2. The molecule has 0 radical (unpaired) electrons. The second-order valence-electron chi connectivity index (χ2n) is 8.80. The minimum Gasteiger partial charge on any atom is -0.406 e. The molecule has 0 unspecified atom stereocenters. The highest BCUT2D eigenvalue weighted by atomic mass is 32.1. The molecule has 4 rings (SSSR count). The second-order valence-corrected chi connectivity index (χ2v) is 9.83. The Kier molecular flexibility index (Phi) is 6.29. The molecular formula is C23H23F3N6O3S. The van der Waals surface area contributed by atoms with Gasteiger partial charge in [-0.25, -0.2) is 9.97 Å². The lowest BCUT2D eigenvalue weighted by Gasteiger charge is -2.28. The predicted octanol–water partition coefficient (Wildman–Crippen LogP) is 4.42. The van der Waals surface area contributed by atoms with Gasteiger partial charge in [-0.05, 0) is 44.2 Å². The van der Waals surface area contributed by atoms with Gasteiger partial charge >= 0.3 is 6.36 Å². The number of carbonyl (C=O) groups excluding carboxylic acids is 2. The van der Waals surface area contributed by atoms with Crippen LogP contribution in [0, 0.1) is 0 Å². The Morgan fingerprint density at radius 2 is 1.78 bits per heavy atom. The topological polar surface area (TPSA) is 101 Å². The highest BCUT2D eigenvalue weighted by Gasteiger charge is 2.32. The third-order valence-electron chi connectivity index (χ3n) is 5.32. The number of nitrogens with zero attached hydrogens (tertiary/aromatic N) is 4. The number of carbonyl (C=O) groups is 2. The maximum Gasteiger partial charge on any atom is 0.573 e. The highest BCUT2D eigenvalue weighted by molar-refractivity contribution is 7.22. The summed E-state index contributed by atoms with van der Waals surface area (Å²) in [6.07, 6.45) is -4.78. The number of amides is 2. The fraction of sp³-hybridized carbons (Fsp3) is 0.304. The lowest BCUT2D eigenvalue weighted by molar-refractivity contribution is -0.274. The first-order valence-corrected chi connectivity index (χ1v) is 11.5. The summed E-state index contributed by atoms with van der Waals surface area (Å²) < 4.78 is 43.8. The van der Waals surface area contributed by atoms with Crippen LogP contribution in [0.5, 0.6) is 5.75 Å². The van der Waals surface area contributed by atoms with Crippen LogP contribution in [0.2, 0.25) is 0 Å². The smallest absolute Gasteiger partial charge is 0.406 e. The van der Waals surface area contributed by atoms with Crippen molar-refractivity contribution in [2.24, 2.45) is 7.05 Å². The Morgan fingerprint density at radius 3 is 2.44 bits per heavy atom. The van der Waals surface area contributed by atoms with Crippen molar-refractivity contribution in [3.05, 3.63) is 42.0 Å². The molecule has 0 fully saturated rings. The molecule has 2 aromatic heterocycles. The number of likely N-dealkylation sites (N-methyl/N-ethyl adjacent to an activating group) is 1. The van der Waals surface area contributed by atoms with E-state index in [4.69, 9.17) is 0 Å². The Bertz CT molecular complexity index is 1480. The van der Waals surface area contributed by atoms with E-state index in [-0.39, 0.29) is 11.7 Å². The average Bonchev–Trinajstić information content (AvgIpc) is 3.31. The van der Waals surface area contributed by atoms with Gasteiger partial charge in [-0.1, -0.05) is 11.3 Å². The molecule has 2 aromatic carbocycles. The van der Waals surface area contributed by atoms with Crippen molar-refractivity contribution in [3.63, 3.8) is 0 Å². The summed E-state index contributed by atoms with van der Waals surface area (Å²) in [6.45, 7) is 3.26. The van der Waals surface area contributed by atoms with Crippen LogP contribution in [0.4, 0.5) is 24.3 Å². The minimum absolute atomic E-state index is 0.242. The third kappa shape index (κ3) is 5.20. The molecule has 0 aliphatic rings. The molecule has 36 heavy (non-hydrogen) atoms. The summed E-state index contributed by atoms with van der Waals surface area (Å²) >= 11 is 1.15. The largest absolute Gasteiger partial charge is 0.573 e. The number of halogens is 3. The van der Waals surface area contributed by atoms with E-state index >= 15 is 0 Å². The fourth-order valence-electron chi connectivity index (χ4n) is 3.67. The molecule has 0 aliphatic carbocycles. The minimum atomic E-state index is -4.78. The van der Waals surface area contributed by atoms with Gasteiger partial charge in [-0.15, -0.1) is 13.2 Å². The number of fused-ring (bicyclic) bond motifs is 2. The van der Waals surface area contributed by atoms with E-state index in [1.54, 1.807) is 57.8 Å². The Labute approximate surface area is 207 Å². The molecule has 0 saturated carbocycles. The molecule has 4 aromatic rings. The van der Waals surface area contributed by atoms with Crippen LogP contribution in [0.3, 0.4) is 0 Å². The highest BCUT2D eigenvalue weighted by Crippen LogP contribution is 2.33. The normalized spacial score (nSPS) is 12.1. The van der Waals surface area contributed by atoms with Crippen molar-refractivity contribution in [2.75, 3.05) is 19.4 Å². The quantitative estimate of drug-likeness (QED) is 0.390. The van der Waals surface area contributed by atoms with E-state index in [2.05, 4.69) is 25.3 Å². The number of rotatable bonds is 6. The van der Waals surface area contributed by atoms with Crippen LogP contribution >= 0.6 is 11.3 Å². The van der Waals surface area contributed by atoms with Gasteiger partial charge < -0.3 is 24.8 Å². The molecule has 13 heteroatoms. The molecule has 0 aliphatic heterocycles. The van der Waals surface area contributed by atoms with Crippen molar-refractivity contribution in [1.29, 1.82) is 0 Å². The SMILES string of the molecule is CN(C)C(=O)C(C)(C)NC(=O)c1ccc2c(c1)nc(Nc1nc3ccc(OC(F)(F)F)cc3s1)n2C. The van der Waals surface area contributed by atoms with Crippen molar-refractivity contribution in [3.8, 4) is 5.75 Å². The van der Waals surface area contributed by atoms with Gasteiger partial charge in [0, 0.05) is 32.8 Å². The molecule has 2 N–H and O–H groups in total. The van der Waals surface area contributed by atoms with Gasteiger partial charge in [0.2, 0.25) is 11.9 Å². The molecule has 9 nitrogen and oxygen atoms in total. The average molecular weight is 521 g/mol. The lowest BCUT2D eigenvalue weighted by Crippen LogP contribution is -2.54. The molecule has 0 saturated heterocycles. The van der Waals surface area contributed by atoms with E-state index < -0.39 is 17.8 Å². The number of hydrogen-bond donors (Lipinski definition) is 2. The predicted molar refractivity (Wildman–Crippen MR) is 131 cm³/mol. The van der Waals surface area contributed by atoms with Crippen molar-refractivity contribution in [2.45, 2.75) is 25.7 Å². The molecule has 2 amide bonds. The van der Waals surface area contributed by atoms with Crippen LogP contribution in [-0.4, -0.2) is 57.2 Å². The zero-order valence-electron chi connectivity index (χ0n) is 20.0. The standard InChI is InChI=1S/C23H23F3N6O3S/c1-22(2,19(34)31(3)4)30-18(33)12-6-9-16-15(10-12)27-20(32(16)5)29-21-28-14-8-7-13(11-17(14)36-21)35-23(24,25)26/h6-11H,1-5H3,(H,30,33)(H,27,28,29). The number of aromatic nitrogens is 3. The van der Waals surface area contributed by atoms with Crippen LogP contribution in [0.1, 0.15) is 24.2 Å². The van der Waals surface area contributed by atoms with Gasteiger partial charge in [-0.2, -0.15) is 0 Å². The maximum atomic E-state index is 12.8. The van der Waals surface area contributed by atoms with Crippen LogP contribution in [0.15, 0.2) is 36.4 Å². The number of benzene rings is 2. The van der Waals surface area contributed by atoms with E-state index in [1.165, 1.54) is 23.1 Å². The van der Waals surface area contributed by atoms with E-state index in [0.717, 1.165) is 16.9 Å². The molecule has 0 atom stereocenters. The molecule has 0 spiro atoms. The molecule has 2 heterocycles. The zero-order valence-corrected chi connectivity index (χ0v) is 20.8. The van der Waals surface area contributed by atoms with Gasteiger partial charge in [0.25, 0.3) is 5.91 Å². The Hall–Kier alpha value is -3.87. The fourth-order valence-corrected chi connectivity index (χ4v) is 4.56. The summed E-state index contributed by atoms with van der Waals surface area (Å²) in [5, 5.41) is 6.25. The lowest BCUT2D eigenvalue weighted by atomic mass is 10.0. The zero-order chi connectivity index (χ0) is 26.4. The van der Waals surface area contributed by atoms with Crippen LogP contribution in [0.25, 0.3) is 21.3 Å². The van der Waals surface area contributed by atoms with Gasteiger partial charge in [0.1, 0.15) is 11.3 Å². The number of thiazole rings is 1. The Morgan fingerprint density at radius 1 is 1.06 bits per heavy atom. The van der Waals surface area contributed by atoms with Crippen LogP contribution in [-0.2, 0) is 11.8 Å². The molecular weight excluding hydrogens is 497 g/mol. The van der Waals surface area contributed by atoms with Crippen molar-refractivity contribution in [1.82, 2.24) is 24.8 Å². The molecule has 0 bridgehead atoms. The van der Waals surface area contributed by atoms with E-state index in [9.17, 15) is 22.8 Å². The van der Waals surface area contributed by atoms with Crippen molar-refractivity contribution >= 4 is 55.5 Å². The first kappa shape index (κ1) is 25.2. The number of alkyl halides is 3. The number of anilines is 2. The van der Waals surface area contributed by atoms with E-state index in [0.29, 0.717) is 32.4 Å². The monoisotopic (exact) mass is 520 g/mol. The summed E-state index contributed by atoms with van der Waals surface area (Å²) in [4.78, 5) is 35.5. The summed E-state index contributed by atoms with van der Waals surface area (Å²) in [5.41, 5.74) is 1.02. The third-order valence-corrected chi connectivity index (χ3v) is 6.26. The summed E-state index contributed by atoms with van der Waals surface area (Å²) in [6, 6.07) is 8.91. The Balaban J connectivity index is 1.57. The van der Waals surface area contributed by atoms with Gasteiger partial charge in [0.05, 0.1) is 21.3 Å². The summed E-state index contributed by atoms with van der Waals surface area (Å²) in [5.74, 6) is -0.555. The summed E-state index contributed by atoms with van der Waals surface area (Å²) in [7, 11) is 5.01. The van der Waals surface area contributed by atoms with Gasteiger partial charge in [-0.3, -0.25) is 9.59 Å². The van der Waals surface area contributed by atoms with Crippen LogP contribution < -0.4 is 15.4 Å². The van der Waals surface area contributed by atoms with Crippen molar-refractivity contribution < 1.29 is 27.5 Å². The maximum absolute atomic E-state index is 12.8. The second kappa shape index (κ2) is 8.97. The number of aryl methyl sites for hydroxylation is 1. The molecule has 190 valence electrons. The number of ether oxygens (including phenoxy) is 1. The number of hydrogen-bond acceptors (Lipinski definition) is 7. The van der Waals surface area contributed by atoms with Gasteiger partial charge in [0.15, 0.2) is 5.13 Å². The van der Waals surface area contributed by atoms with E-state index in [1.807, 2.05) is 0 Å². The first-order valence-electron chi connectivity index (χ1n) is 10.7. The number of imidazole rings is 1. The first-order chi connectivity index (χ1) is 16.7.